The van der Waals surface area contributed by atoms with E-state index in [2.05, 4.69) is 53.4 Å². The minimum Gasteiger partial charge on any atom is -0.369 e. The Labute approximate surface area is 124 Å². The van der Waals surface area contributed by atoms with Crippen LogP contribution in [0.25, 0.3) is 0 Å². The molecule has 0 atom stereocenters. The SMILES string of the molecule is Cc1ncsc1CN(C)c1ccc(CNC2CC2)cc1. The second-order valence-electron chi connectivity index (χ2n) is 5.54. The molecular weight excluding hydrogens is 266 g/mol. The molecule has 0 saturated heterocycles. The number of nitrogens with zero attached hydrogens (tertiary/aromatic N) is 2. The smallest absolute Gasteiger partial charge is 0.0798 e. The maximum Gasteiger partial charge on any atom is 0.0798 e. The van der Waals surface area contributed by atoms with E-state index in [4.69, 9.17) is 0 Å². The van der Waals surface area contributed by atoms with Gasteiger partial charge in [-0.15, -0.1) is 11.3 Å². The van der Waals surface area contributed by atoms with E-state index in [1.165, 1.54) is 29.0 Å². The third kappa shape index (κ3) is 3.38. The Kier molecular flexibility index (Phi) is 4.03. The predicted molar refractivity (Wildman–Crippen MR) is 85.3 cm³/mol. The van der Waals surface area contributed by atoms with Crippen molar-refractivity contribution in [3.05, 3.63) is 45.9 Å². The molecule has 0 bridgehead atoms. The second-order valence-corrected chi connectivity index (χ2v) is 6.48. The van der Waals surface area contributed by atoms with E-state index in [1.807, 2.05) is 5.51 Å². The first kappa shape index (κ1) is 13.6. The van der Waals surface area contributed by atoms with Crippen molar-refractivity contribution in [3.8, 4) is 0 Å². The van der Waals surface area contributed by atoms with E-state index in [1.54, 1.807) is 11.3 Å². The van der Waals surface area contributed by atoms with Crippen molar-refractivity contribution in [1.29, 1.82) is 0 Å². The number of aryl methyl sites for hydroxylation is 1. The van der Waals surface area contributed by atoms with Crippen molar-refractivity contribution in [3.63, 3.8) is 0 Å². The molecule has 0 radical (unpaired) electrons. The molecule has 1 saturated carbocycles. The quantitative estimate of drug-likeness (QED) is 0.883. The molecule has 1 N–H and O–H groups in total. The number of rotatable bonds is 6. The van der Waals surface area contributed by atoms with E-state index in [0.717, 1.165) is 24.8 Å². The highest BCUT2D eigenvalue weighted by atomic mass is 32.1. The van der Waals surface area contributed by atoms with Gasteiger partial charge >= 0.3 is 0 Å². The van der Waals surface area contributed by atoms with Crippen molar-refractivity contribution < 1.29 is 0 Å². The van der Waals surface area contributed by atoms with Crippen LogP contribution in [0.2, 0.25) is 0 Å². The van der Waals surface area contributed by atoms with Crippen LogP contribution in [0.4, 0.5) is 5.69 Å². The summed E-state index contributed by atoms with van der Waals surface area (Å²) in [6, 6.07) is 9.63. The Hall–Kier alpha value is -1.39. The highest BCUT2D eigenvalue weighted by molar-refractivity contribution is 7.09. The Balaban J connectivity index is 1.59. The lowest BCUT2D eigenvalue weighted by molar-refractivity contribution is 0.688. The van der Waals surface area contributed by atoms with Gasteiger partial charge in [-0.1, -0.05) is 12.1 Å². The summed E-state index contributed by atoms with van der Waals surface area (Å²) in [5, 5.41) is 3.55. The molecule has 0 amide bonds. The largest absolute Gasteiger partial charge is 0.369 e. The molecule has 2 aromatic rings. The number of hydrogen-bond donors (Lipinski definition) is 1. The molecule has 0 spiro atoms. The van der Waals surface area contributed by atoms with E-state index < -0.39 is 0 Å². The molecular formula is C16H21N3S. The Morgan fingerprint density at radius 1 is 1.30 bits per heavy atom. The molecule has 3 rings (SSSR count). The summed E-state index contributed by atoms with van der Waals surface area (Å²) in [4.78, 5) is 7.92. The number of thiazole rings is 1. The molecule has 0 aliphatic heterocycles. The van der Waals surface area contributed by atoms with Crippen LogP contribution in [0.5, 0.6) is 0 Å². The van der Waals surface area contributed by atoms with Gasteiger partial charge in [0.05, 0.1) is 17.7 Å². The van der Waals surface area contributed by atoms with Crippen LogP contribution in [-0.4, -0.2) is 18.1 Å². The van der Waals surface area contributed by atoms with Crippen LogP contribution in [0.1, 0.15) is 29.0 Å². The summed E-state index contributed by atoms with van der Waals surface area (Å²) < 4.78 is 0. The second kappa shape index (κ2) is 5.94. The molecule has 1 aliphatic carbocycles. The monoisotopic (exact) mass is 287 g/mol. The fourth-order valence-corrected chi connectivity index (χ4v) is 3.03. The number of benzene rings is 1. The Morgan fingerprint density at radius 3 is 2.65 bits per heavy atom. The van der Waals surface area contributed by atoms with E-state index in [9.17, 15) is 0 Å². The molecule has 4 heteroatoms. The first-order chi connectivity index (χ1) is 9.72. The van der Waals surface area contributed by atoms with Gasteiger partial charge in [-0.05, 0) is 37.5 Å². The predicted octanol–water partition coefficient (Wildman–Crippen LogP) is 3.34. The van der Waals surface area contributed by atoms with Crippen LogP contribution in [0.3, 0.4) is 0 Å². The van der Waals surface area contributed by atoms with E-state index >= 15 is 0 Å². The van der Waals surface area contributed by atoms with Gasteiger partial charge in [0.1, 0.15) is 0 Å². The molecule has 1 aliphatic rings. The van der Waals surface area contributed by atoms with Gasteiger partial charge in [-0.3, -0.25) is 0 Å². The van der Waals surface area contributed by atoms with E-state index in [-0.39, 0.29) is 0 Å². The number of anilines is 1. The first-order valence-corrected chi connectivity index (χ1v) is 8.03. The molecule has 106 valence electrons. The zero-order chi connectivity index (χ0) is 13.9. The van der Waals surface area contributed by atoms with Gasteiger partial charge in [0.2, 0.25) is 0 Å². The normalized spacial score (nSPS) is 14.5. The molecule has 1 aromatic carbocycles. The number of nitrogens with one attached hydrogen (secondary N) is 1. The van der Waals surface area contributed by atoms with E-state index in [0.29, 0.717) is 0 Å². The average Bonchev–Trinajstić information content (AvgIpc) is 3.21. The highest BCUT2D eigenvalue weighted by Crippen LogP contribution is 2.21. The summed E-state index contributed by atoms with van der Waals surface area (Å²) >= 11 is 1.73. The lowest BCUT2D eigenvalue weighted by Gasteiger charge is -2.19. The first-order valence-electron chi connectivity index (χ1n) is 7.15. The summed E-state index contributed by atoms with van der Waals surface area (Å²) in [6.07, 6.45) is 2.68. The Morgan fingerprint density at radius 2 is 2.05 bits per heavy atom. The van der Waals surface area contributed by atoms with Gasteiger partial charge in [0.15, 0.2) is 0 Å². The topological polar surface area (TPSA) is 28.2 Å². The van der Waals surface area contributed by atoms with Crippen molar-refractivity contribution >= 4 is 17.0 Å². The van der Waals surface area contributed by atoms with Crippen molar-refractivity contribution in [2.75, 3.05) is 11.9 Å². The van der Waals surface area contributed by atoms with Crippen LogP contribution in [0, 0.1) is 6.92 Å². The van der Waals surface area contributed by atoms with Gasteiger partial charge in [0.25, 0.3) is 0 Å². The number of hydrogen-bond acceptors (Lipinski definition) is 4. The summed E-state index contributed by atoms with van der Waals surface area (Å²) in [6.45, 7) is 3.99. The van der Waals surface area contributed by atoms with Crippen molar-refractivity contribution in [2.24, 2.45) is 0 Å². The molecule has 0 unspecified atom stereocenters. The zero-order valence-corrected chi connectivity index (χ0v) is 12.9. The minimum atomic E-state index is 0.770. The highest BCUT2D eigenvalue weighted by Gasteiger charge is 2.19. The molecule has 3 nitrogen and oxygen atoms in total. The van der Waals surface area contributed by atoms with Gasteiger partial charge in [-0.25, -0.2) is 4.98 Å². The molecule has 1 heterocycles. The van der Waals surface area contributed by atoms with Gasteiger partial charge in [0, 0.05) is 30.2 Å². The maximum absolute atomic E-state index is 4.31. The third-order valence-electron chi connectivity index (χ3n) is 3.77. The van der Waals surface area contributed by atoms with Crippen LogP contribution in [-0.2, 0) is 13.1 Å². The fraction of sp³-hybridized carbons (Fsp3) is 0.438. The van der Waals surface area contributed by atoms with Gasteiger partial charge < -0.3 is 10.2 Å². The molecule has 1 aromatic heterocycles. The Bertz CT molecular complexity index is 557. The lowest BCUT2D eigenvalue weighted by atomic mass is 10.2. The average molecular weight is 287 g/mol. The lowest BCUT2D eigenvalue weighted by Crippen LogP contribution is -2.17. The van der Waals surface area contributed by atoms with Crippen molar-refractivity contribution in [1.82, 2.24) is 10.3 Å². The summed E-state index contributed by atoms with van der Waals surface area (Å²) in [5.41, 5.74) is 5.69. The minimum absolute atomic E-state index is 0.770. The van der Waals surface area contributed by atoms with Crippen LogP contribution < -0.4 is 10.2 Å². The molecule has 1 fully saturated rings. The summed E-state index contributed by atoms with van der Waals surface area (Å²) in [7, 11) is 2.14. The number of aromatic nitrogens is 1. The maximum atomic E-state index is 4.31. The van der Waals surface area contributed by atoms with Gasteiger partial charge in [-0.2, -0.15) is 0 Å². The van der Waals surface area contributed by atoms with Crippen LogP contribution in [0.15, 0.2) is 29.8 Å². The fourth-order valence-electron chi connectivity index (χ4n) is 2.20. The van der Waals surface area contributed by atoms with Crippen molar-refractivity contribution in [2.45, 2.75) is 38.9 Å². The summed E-state index contributed by atoms with van der Waals surface area (Å²) in [5.74, 6) is 0. The van der Waals surface area contributed by atoms with Crippen LogP contribution >= 0.6 is 11.3 Å². The zero-order valence-electron chi connectivity index (χ0n) is 12.1. The molecule has 20 heavy (non-hydrogen) atoms. The third-order valence-corrected chi connectivity index (χ3v) is 4.69. The standard InChI is InChI=1S/C16H21N3S/c1-12-16(20-11-18-12)10-19(2)15-7-3-13(4-8-15)9-17-14-5-6-14/h3-4,7-8,11,14,17H,5-6,9-10H2,1-2H3.